The van der Waals surface area contributed by atoms with Crippen LogP contribution in [-0.2, 0) is 11.3 Å². The van der Waals surface area contributed by atoms with Crippen LogP contribution >= 0.6 is 24.0 Å². The first-order valence-electron chi connectivity index (χ1n) is 9.85. The maximum atomic E-state index is 5.47. The van der Waals surface area contributed by atoms with Gasteiger partial charge in [0.2, 0.25) is 0 Å². The summed E-state index contributed by atoms with van der Waals surface area (Å²) < 4.78 is 5.47. The summed E-state index contributed by atoms with van der Waals surface area (Å²) in [5.41, 5.74) is 2.59. The van der Waals surface area contributed by atoms with Crippen molar-refractivity contribution >= 4 is 35.6 Å². The number of ether oxygens (including phenoxy) is 1. The molecule has 1 fully saturated rings. The van der Waals surface area contributed by atoms with Crippen LogP contribution < -0.4 is 15.5 Å². The van der Waals surface area contributed by atoms with Crippen molar-refractivity contribution in [1.82, 2.24) is 15.5 Å². The van der Waals surface area contributed by atoms with E-state index in [1.54, 1.807) is 0 Å². The zero-order valence-electron chi connectivity index (χ0n) is 17.3. The van der Waals surface area contributed by atoms with Gasteiger partial charge < -0.3 is 20.3 Å². The van der Waals surface area contributed by atoms with Gasteiger partial charge in [-0.1, -0.05) is 24.3 Å². The fraction of sp³-hybridized carbons (Fsp3) is 0.571. The van der Waals surface area contributed by atoms with Crippen LogP contribution in [0.25, 0.3) is 0 Å². The lowest BCUT2D eigenvalue weighted by Gasteiger charge is -2.41. The van der Waals surface area contributed by atoms with Crippen LogP contribution in [0.4, 0.5) is 5.69 Å². The number of anilines is 1. The fourth-order valence-electron chi connectivity index (χ4n) is 3.50. The second-order valence-electron chi connectivity index (χ2n) is 7.73. The van der Waals surface area contributed by atoms with Gasteiger partial charge in [-0.2, -0.15) is 0 Å². The topological polar surface area (TPSA) is 52.1 Å². The van der Waals surface area contributed by atoms with Gasteiger partial charge in [-0.3, -0.25) is 9.89 Å². The van der Waals surface area contributed by atoms with Crippen LogP contribution in [0.15, 0.2) is 41.4 Å². The normalized spacial score (nSPS) is 18.1. The molecule has 0 amide bonds. The Morgan fingerprint density at radius 3 is 2.32 bits per heavy atom. The fourth-order valence-corrected chi connectivity index (χ4v) is 3.50. The molecule has 0 unspecified atom stereocenters. The van der Waals surface area contributed by atoms with E-state index >= 15 is 0 Å². The minimum Gasteiger partial charge on any atom is -0.379 e. The third-order valence-electron chi connectivity index (χ3n) is 5.36. The van der Waals surface area contributed by atoms with E-state index in [4.69, 9.17) is 4.74 Å². The average molecular weight is 499 g/mol. The SMILES string of the molecule is CN=C(NCc1ccc(N2CC=CC2)cc1)NCC(C)(C)N1CCOCC1.I. The Labute approximate surface area is 186 Å². The van der Waals surface area contributed by atoms with E-state index in [0.29, 0.717) is 0 Å². The summed E-state index contributed by atoms with van der Waals surface area (Å²) in [5, 5.41) is 6.89. The van der Waals surface area contributed by atoms with Crippen LogP contribution in [0.2, 0.25) is 0 Å². The minimum atomic E-state index is 0. The smallest absolute Gasteiger partial charge is 0.191 e. The van der Waals surface area contributed by atoms with Crippen LogP contribution in [0.5, 0.6) is 0 Å². The number of halogens is 1. The number of hydrogen-bond donors (Lipinski definition) is 2. The summed E-state index contributed by atoms with van der Waals surface area (Å²) in [4.78, 5) is 9.19. The van der Waals surface area contributed by atoms with Gasteiger partial charge >= 0.3 is 0 Å². The third kappa shape index (κ3) is 6.35. The molecule has 0 atom stereocenters. The quantitative estimate of drug-likeness (QED) is 0.273. The molecule has 0 radical (unpaired) electrons. The van der Waals surface area contributed by atoms with Crippen LogP contribution in [0, 0.1) is 0 Å². The van der Waals surface area contributed by atoms with Crippen molar-refractivity contribution in [1.29, 1.82) is 0 Å². The van der Waals surface area contributed by atoms with Gasteiger partial charge in [-0.05, 0) is 31.5 Å². The highest BCUT2D eigenvalue weighted by Crippen LogP contribution is 2.18. The van der Waals surface area contributed by atoms with Crippen molar-refractivity contribution in [2.24, 2.45) is 4.99 Å². The Morgan fingerprint density at radius 1 is 1.07 bits per heavy atom. The molecular weight excluding hydrogens is 465 g/mol. The van der Waals surface area contributed by atoms with Crippen molar-refractivity contribution in [2.45, 2.75) is 25.9 Å². The maximum absolute atomic E-state index is 5.47. The van der Waals surface area contributed by atoms with Crippen molar-refractivity contribution in [3.63, 3.8) is 0 Å². The molecule has 2 aliphatic heterocycles. The Balaban J connectivity index is 0.00000280. The van der Waals surface area contributed by atoms with Crippen LogP contribution in [0.3, 0.4) is 0 Å². The lowest BCUT2D eigenvalue weighted by atomic mass is 10.0. The number of hydrogen-bond acceptors (Lipinski definition) is 4. The number of aliphatic imine (C=N–C) groups is 1. The highest BCUT2D eigenvalue weighted by molar-refractivity contribution is 14.0. The average Bonchev–Trinajstić information content (AvgIpc) is 3.24. The highest BCUT2D eigenvalue weighted by atomic mass is 127. The Hall–Kier alpha value is -1.32. The molecule has 156 valence electrons. The predicted octanol–water partition coefficient (Wildman–Crippen LogP) is 2.46. The highest BCUT2D eigenvalue weighted by Gasteiger charge is 2.28. The van der Waals surface area contributed by atoms with Gasteiger partial charge in [-0.15, -0.1) is 24.0 Å². The molecule has 1 aromatic carbocycles. The van der Waals surface area contributed by atoms with E-state index < -0.39 is 0 Å². The van der Waals surface area contributed by atoms with E-state index in [-0.39, 0.29) is 29.5 Å². The third-order valence-corrected chi connectivity index (χ3v) is 5.36. The second-order valence-corrected chi connectivity index (χ2v) is 7.73. The zero-order chi connectivity index (χ0) is 19.1. The first-order chi connectivity index (χ1) is 13.1. The first-order valence-corrected chi connectivity index (χ1v) is 9.85. The molecule has 0 bridgehead atoms. The first kappa shape index (κ1) is 23.0. The van der Waals surface area contributed by atoms with Crippen molar-refractivity contribution < 1.29 is 4.74 Å². The largest absolute Gasteiger partial charge is 0.379 e. The molecule has 2 aliphatic rings. The molecular formula is C21H34IN5O. The molecule has 0 aromatic heterocycles. The molecule has 0 spiro atoms. The number of rotatable bonds is 6. The van der Waals surface area contributed by atoms with E-state index in [1.807, 2.05) is 7.05 Å². The van der Waals surface area contributed by atoms with Gasteiger partial charge in [0.15, 0.2) is 5.96 Å². The van der Waals surface area contributed by atoms with Crippen molar-refractivity contribution in [2.75, 3.05) is 57.9 Å². The molecule has 2 N–H and O–H groups in total. The standard InChI is InChI=1S/C21H33N5O.HI/c1-21(2,26-12-14-27-15-13-26)17-24-20(22-3)23-16-18-6-8-19(9-7-18)25-10-4-5-11-25;/h4-9H,10-17H2,1-3H3,(H2,22,23,24);1H. The second kappa shape index (κ2) is 11.0. The maximum Gasteiger partial charge on any atom is 0.191 e. The zero-order valence-corrected chi connectivity index (χ0v) is 19.6. The van der Waals surface area contributed by atoms with Gasteiger partial charge in [0.25, 0.3) is 0 Å². The minimum absolute atomic E-state index is 0. The van der Waals surface area contributed by atoms with E-state index in [9.17, 15) is 0 Å². The number of guanidine groups is 1. The van der Waals surface area contributed by atoms with Crippen LogP contribution in [-0.4, -0.2) is 69.4 Å². The molecule has 3 rings (SSSR count). The molecule has 28 heavy (non-hydrogen) atoms. The van der Waals surface area contributed by atoms with Gasteiger partial charge in [0, 0.05) is 57.5 Å². The monoisotopic (exact) mass is 499 g/mol. The summed E-state index contributed by atoms with van der Waals surface area (Å²) in [6, 6.07) is 8.76. The predicted molar refractivity (Wildman–Crippen MR) is 128 cm³/mol. The Kier molecular flexibility index (Phi) is 9.04. The van der Waals surface area contributed by atoms with E-state index in [2.05, 4.69) is 75.7 Å². The Morgan fingerprint density at radius 2 is 1.71 bits per heavy atom. The van der Waals surface area contributed by atoms with E-state index in [0.717, 1.165) is 58.4 Å². The van der Waals surface area contributed by atoms with Gasteiger partial charge in [0.1, 0.15) is 0 Å². The molecule has 0 aliphatic carbocycles. The molecule has 7 heteroatoms. The summed E-state index contributed by atoms with van der Waals surface area (Å²) in [6.07, 6.45) is 4.42. The van der Waals surface area contributed by atoms with Gasteiger partial charge in [0.05, 0.1) is 13.2 Å². The molecule has 1 saturated heterocycles. The van der Waals surface area contributed by atoms with Crippen LogP contribution in [0.1, 0.15) is 19.4 Å². The molecule has 6 nitrogen and oxygen atoms in total. The molecule has 0 saturated carbocycles. The lowest BCUT2D eigenvalue weighted by Crippen LogP contribution is -2.56. The lowest BCUT2D eigenvalue weighted by molar-refractivity contribution is -0.00834. The summed E-state index contributed by atoms with van der Waals surface area (Å²) in [5.74, 6) is 0.837. The Bertz CT molecular complexity index is 645. The van der Waals surface area contributed by atoms with E-state index in [1.165, 1.54) is 11.3 Å². The number of nitrogens with one attached hydrogen (secondary N) is 2. The summed E-state index contributed by atoms with van der Waals surface area (Å²) >= 11 is 0. The number of morpholine rings is 1. The van der Waals surface area contributed by atoms with Crippen molar-refractivity contribution in [3.8, 4) is 0 Å². The van der Waals surface area contributed by atoms with Gasteiger partial charge in [-0.25, -0.2) is 0 Å². The number of benzene rings is 1. The molecule has 1 aromatic rings. The number of nitrogens with zero attached hydrogens (tertiary/aromatic N) is 3. The summed E-state index contributed by atoms with van der Waals surface area (Å²) in [6.45, 7) is 11.8. The molecule has 2 heterocycles. The van der Waals surface area contributed by atoms with Crippen molar-refractivity contribution in [3.05, 3.63) is 42.0 Å². The summed E-state index contributed by atoms with van der Waals surface area (Å²) in [7, 11) is 1.82.